The average Bonchev–Trinajstić information content (AvgIpc) is 2.62. The van der Waals surface area contributed by atoms with Gasteiger partial charge in [0.15, 0.2) is 0 Å². The van der Waals surface area contributed by atoms with Crippen molar-refractivity contribution in [2.45, 2.75) is 13.0 Å². The first-order valence-electron chi connectivity index (χ1n) is 7.53. The number of carboxylic acid groups (broad SMARTS) is 1. The summed E-state index contributed by atoms with van der Waals surface area (Å²) < 4.78 is 11.0. The van der Waals surface area contributed by atoms with E-state index in [-0.39, 0.29) is 13.0 Å². The minimum Gasteiger partial charge on any atom is -0.494 e. The molecule has 0 fully saturated rings. The van der Waals surface area contributed by atoms with Gasteiger partial charge in [-0.25, -0.2) is 0 Å². The standard InChI is InChI=1S/C18H18ClNO5/c1-24-17-10-16(25-11-13-5-3-2-4-6-13)14(19)9-15(17)20(12-21)8-7-18(22)23/h2-6,9-10,12H,7-8,11H2,1H3,(H,22,23). The third-order valence-electron chi connectivity index (χ3n) is 3.47. The predicted octanol–water partition coefficient (Wildman–Crippen LogP) is 3.37. The molecule has 0 aromatic heterocycles. The van der Waals surface area contributed by atoms with Crippen molar-refractivity contribution in [2.24, 2.45) is 0 Å². The van der Waals surface area contributed by atoms with Crippen LogP contribution >= 0.6 is 11.6 Å². The summed E-state index contributed by atoms with van der Waals surface area (Å²) in [6, 6.07) is 12.7. The van der Waals surface area contributed by atoms with Crippen LogP contribution in [0.4, 0.5) is 5.69 Å². The van der Waals surface area contributed by atoms with Crippen LogP contribution < -0.4 is 14.4 Å². The molecule has 0 bridgehead atoms. The van der Waals surface area contributed by atoms with Crippen molar-refractivity contribution in [3.63, 3.8) is 0 Å². The molecule has 2 aromatic rings. The average molecular weight is 364 g/mol. The Morgan fingerprint density at radius 3 is 2.56 bits per heavy atom. The topological polar surface area (TPSA) is 76.1 Å². The lowest BCUT2D eigenvalue weighted by molar-refractivity contribution is -0.136. The van der Waals surface area contributed by atoms with E-state index in [2.05, 4.69) is 0 Å². The minimum absolute atomic E-state index is 0.00966. The predicted molar refractivity (Wildman–Crippen MR) is 94.4 cm³/mol. The van der Waals surface area contributed by atoms with Gasteiger partial charge >= 0.3 is 5.97 Å². The van der Waals surface area contributed by atoms with Crippen LogP contribution in [0.2, 0.25) is 5.02 Å². The van der Waals surface area contributed by atoms with E-state index in [0.717, 1.165) is 5.56 Å². The molecule has 0 aliphatic heterocycles. The molecular formula is C18H18ClNO5. The fourth-order valence-electron chi connectivity index (χ4n) is 2.20. The van der Waals surface area contributed by atoms with Crippen LogP contribution in [0.15, 0.2) is 42.5 Å². The molecule has 25 heavy (non-hydrogen) atoms. The maximum atomic E-state index is 11.3. The van der Waals surface area contributed by atoms with E-state index >= 15 is 0 Å². The maximum Gasteiger partial charge on any atom is 0.305 e. The van der Waals surface area contributed by atoms with Crippen molar-refractivity contribution in [2.75, 3.05) is 18.6 Å². The van der Waals surface area contributed by atoms with Crippen molar-refractivity contribution in [1.82, 2.24) is 0 Å². The lowest BCUT2D eigenvalue weighted by atomic mass is 10.2. The van der Waals surface area contributed by atoms with Crippen LogP contribution in [0.5, 0.6) is 11.5 Å². The highest BCUT2D eigenvalue weighted by atomic mass is 35.5. The highest BCUT2D eigenvalue weighted by Gasteiger charge is 2.17. The Balaban J connectivity index is 2.21. The Kier molecular flexibility index (Phi) is 6.65. The number of hydrogen-bond acceptors (Lipinski definition) is 4. The molecule has 2 aromatic carbocycles. The zero-order valence-electron chi connectivity index (χ0n) is 13.6. The molecule has 0 saturated carbocycles. The lowest BCUT2D eigenvalue weighted by Gasteiger charge is -2.21. The summed E-state index contributed by atoms with van der Waals surface area (Å²) in [4.78, 5) is 23.3. The molecule has 6 nitrogen and oxygen atoms in total. The smallest absolute Gasteiger partial charge is 0.305 e. The van der Waals surface area contributed by atoms with Gasteiger partial charge in [0.25, 0.3) is 0 Å². The Morgan fingerprint density at radius 2 is 1.96 bits per heavy atom. The Bertz CT molecular complexity index is 736. The number of carboxylic acids is 1. The summed E-state index contributed by atoms with van der Waals surface area (Å²) in [5, 5.41) is 9.09. The van der Waals surface area contributed by atoms with E-state index in [4.69, 9.17) is 26.2 Å². The van der Waals surface area contributed by atoms with Crippen LogP contribution in [0.1, 0.15) is 12.0 Å². The molecule has 7 heteroatoms. The number of halogens is 1. The first kappa shape index (κ1) is 18.6. The molecular weight excluding hydrogens is 346 g/mol. The highest BCUT2D eigenvalue weighted by molar-refractivity contribution is 6.32. The van der Waals surface area contributed by atoms with Gasteiger partial charge in [-0.05, 0) is 11.6 Å². The second kappa shape index (κ2) is 8.94. The van der Waals surface area contributed by atoms with Crippen molar-refractivity contribution >= 4 is 29.7 Å². The van der Waals surface area contributed by atoms with Gasteiger partial charge in [-0.3, -0.25) is 9.59 Å². The van der Waals surface area contributed by atoms with Gasteiger partial charge in [0.05, 0.1) is 24.2 Å². The highest BCUT2D eigenvalue weighted by Crippen LogP contribution is 2.38. The van der Waals surface area contributed by atoms with Gasteiger partial charge < -0.3 is 19.5 Å². The monoisotopic (exact) mass is 363 g/mol. The normalized spacial score (nSPS) is 10.2. The molecule has 0 heterocycles. The maximum absolute atomic E-state index is 11.3. The van der Waals surface area contributed by atoms with E-state index in [9.17, 15) is 9.59 Å². The van der Waals surface area contributed by atoms with E-state index in [1.54, 1.807) is 6.07 Å². The first-order chi connectivity index (χ1) is 12.0. The molecule has 0 aliphatic rings. The van der Waals surface area contributed by atoms with E-state index < -0.39 is 5.97 Å². The second-order valence-corrected chi connectivity index (χ2v) is 5.58. The van der Waals surface area contributed by atoms with Gasteiger partial charge in [-0.2, -0.15) is 0 Å². The SMILES string of the molecule is COc1cc(OCc2ccccc2)c(Cl)cc1N(C=O)CCC(=O)O. The molecule has 0 aliphatic carbocycles. The molecule has 1 N–H and O–H groups in total. The molecule has 0 saturated heterocycles. The number of aliphatic carboxylic acids is 1. The number of rotatable bonds is 9. The molecule has 0 radical (unpaired) electrons. The second-order valence-electron chi connectivity index (χ2n) is 5.17. The van der Waals surface area contributed by atoms with Crippen molar-refractivity contribution in [3.8, 4) is 11.5 Å². The number of ether oxygens (including phenoxy) is 2. The number of amides is 1. The third-order valence-corrected chi connectivity index (χ3v) is 3.77. The fraction of sp³-hybridized carbons (Fsp3) is 0.222. The Morgan fingerprint density at radius 1 is 1.24 bits per heavy atom. The number of methoxy groups -OCH3 is 1. The van der Waals surface area contributed by atoms with E-state index in [1.165, 1.54) is 18.1 Å². The number of benzene rings is 2. The minimum atomic E-state index is -1.00. The number of hydrogen-bond donors (Lipinski definition) is 1. The number of nitrogens with zero attached hydrogens (tertiary/aromatic N) is 1. The summed E-state index contributed by atoms with van der Waals surface area (Å²) in [5.74, 6) is -0.222. The Labute approximate surface area is 150 Å². The zero-order chi connectivity index (χ0) is 18.2. The van der Waals surface area contributed by atoms with Crippen LogP contribution in [0.3, 0.4) is 0 Å². The number of carbonyl (C=O) groups excluding carboxylic acids is 1. The fourth-order valence-corrected chi connectivity index (χ4v) is 2.42. The van der Waals surface area contributed by atoms with E-state index in [1.807, 2.05) is 30.3 Å². The van der Waals surface area contributed by atoms with Crippen molar-refractivity contribution in [3.05, 3.63) is 53.1 Å². The summed E-state index contributed by atoms with van der Waals surface area (Å²) in [7, 11) is 1.45. The van der Waals surface area contributed by atoms with Crippen LogP contribution in [0.25, 0.3) is 0 Å². The largest absolute Gasteiger partial charge is 0.494 e. The lowest BCUT2D eigenvalue weighted by Crippen LogP contribution is -2.24. The molecule has 0 spiro atoms. The molecule has 132 valence electrons. The van der Waals surface area contributed by atoms with Crippen LogP contribution in [-0.4, -0.2) is 31.1 Å². The van der Waals surface area contributed by atoms with E-state index in [0.29, 0.717) is 35.2 Å². The Hall–Kier alpha value is -2.73. The van der Waals surface area contributed by atoms with Gasteiger partial charge in [0, 0.05) is 12.6 Å². The van der Waals surface area contributed by atoms with Crippen LogP contribution in [-0.2, 0) is 16.2 Å². The molecule has 0 unspecified atom stereocenters. The van der Waals surface area contributed by atoms with Gasteiger partial charge in [-0.1, -0.05) is 41.9 Å². The van der Waals surface area contributed by atoms with Gasteiger partial charge in [-0.15, -0.1) is 0 Å². The third kappa shape index (κ3) is 5.12. The molecule has 0 atom stereocenters. The van der Waals surface area contributed by atoms with Crippen LogP contribution in [0, 0.1) is 0 Å². The van der Waals surface area contributed by atoms with Crippen molar-refractivity contribution in [1.29, 1.82) is 0 Å². The summed E-state index contributed by atoms with van der Waals surface area (Å²) >= 11 is 6.25. The number of carbonyl (C=O) groups is 2. The van der Waals surface area contributed by atoms with Crippen molar-refractivity contribution < 1.29 is 24.2 Å². The summed E-state index contributed by atoms with van der Waals surface area (Å²) in [5.41, 5.74) is 1.37. The first-order valence-corrected chi connectivity index (χ1v) is 7.91. The quantitative estimate of drug-likeness (QED) is 0.691. The molecule has 1 amide bonds. The summed E-state index contributed by atoms with van der Waals surface area (Å²) in [6.45, 7) is 0.342. The van der Waals surface area contributed by atoms with Gasteiger partial charge in [0.2, 0.25) is 6.41 Å². The molecule has 2 rings (SSSR count). The number of anilines is 1. The zero-order valence-corrected chi connectivity index (χ0v) is 14.4. The summed E-state index contributed by atoms with van der Waals surface area (Å²) in [6.07, 6.45) is 0.355. The van der Waals surface area contributed by atoms with Gasteiger partial charge in [0.1, 0.15) is 18.1 Å².